The topological polar surface area (TPSA) is 117 Å². The lowest BCUT2D eigenvalue weighted by Gasteiger charge is -2.29. The van der Waals surface area contributed by atoms with E-state index in [-0.39, 0.29) is 6.10 Å². The molecular formula is C29H35N7O3. The van der Waals surface area contributed by atoms with Crippen molar-refractivity contribution in [2.75, 3.05) is 45.8 Å². The number of pyridine rings is 1. The van der Waals surface area contributed by atoms with Crippen molar-refractivity contribution in [1.29, 1.82) is 5.26 Å². The monoisotopic (exact) mass is 529 g/mol. The Hall–Kier alpha value is -3.78. The lowest BCUT2D eigenvalue weighted by Crippen LogP contribution is -2.40. The van der Waals surface area contributed by atoms with Gasteiger partial charge in [-0.25, -0.2) is 9.97 Å². The average molecular weight is 530 g/mol. The number of benzene rings is 1. The third kappa shape index (κ3) is 7.00. The minimum atomic E-state index is 0.0625. The fourth-order valence-corrected chi connectivity index (χ4v) is 4.86. The molecule has 0 radical (unpaired) electrons. The molecule has 2 N–H and O–H groups in total. The molecule has 2 saturated heterocycles. The van der Waals surface area contributed by atoms with Gasteiger partial charge in [-0.2, -0.15) is 10.2 Å². The first-order valence-electron chi connectivity index (χ1n) is 13.5. The zero-order valence-electron chi connectivity index (χ0n) is 22.5. The van der Waals surface area contributed by atoms with Crippen LogP contribution in [0.5, 0.6) is 11.6 Å². The number of nitrogens with zero attached hydrogens (tertiary/aromatic N) is 5. The highest BCUT2D eigenvalue weighted by Crippen LogP contribution is 2.28. The molecule has 10 heteroatoms. The van der Waals surface area contributed by atoms with E-state index in [1.54, 1.807) is 19.4 Å². The molecule has 0 saturated carbocycles. The normalized spacial score (nSPS) is 16.9. The number of ether oxygens (including phenoxy) is 3. The summed E-state index contributed by atoms with van der Waals surface area (Å²) in [4.78, 5) is 16.0. The van der Waals surface area contributed by atoms with Crippen molar-refractivity contribution in [2.24, 2.45) is 0 Å². The van der Waals surface area contributed by atoms with Crippen LogP contribution in [0.15, 0.2) is 42.6 Å². The maximum Gasteiger partial charge on any atom is 0.228 e. The Kier molecular flexibility index (Phi) is 8.83. The third-order valence-corrected chi connectivity index (χ3v) is 7.19. The molecule has 2 aliphatic rings. The smallest absolute Gasteiger partial charge is 0.228 e. The predicted molar refractivity (Wildman–Crippen MR) is 148 cm³/mol. The van der Waals surface area contributed by atoms with Crippen molar-refractivity contribution in [3.63, 3.8) is 0 Å². The molecule has 2 fully saturated rings. The van der Waals surface area contributed by atoms with Crippen molar-refractivity contribution < 1.29 is 14.2 Å². The molecule has 4 heterocycles. The Balaban J connectivity index is 1.25. The van der Waals surface area contributed by atoms with Crippen molar-refractivity contribution in [2.45, 2.75) is 44.4 Å². The van der Waals surface area contributed by atoms with Crippen LogP contribution in [0.4, 0.5) is 11.8 Å². The van der Waals surface area contributed by atoms with Gasteiger partial charge in [0.05, 0.1) is 31.6 Å². The van der Waals surface area contributed by atoms with Crippen LogP contribution in [0.25, 0.3) is 11.3 Å². The van der Waals surface area contributed by atoms with Gasteiger partial charge < -0.3 is 29.7 Å². The molecule has 204 valence electrons. The lowest BCUT2D eigenvalue weighted by atomic mass is 10.1. The van der Waals surface area contributed by atoms with Crippen molar-refractivity contribution >= 4 is 11.8 Å². The Morgan fingerprint density at radius 1 is 1.08 bits per heavy atom. The summed E-state index contributed by atoms with van der Waals surface area (Å²) in [6.07, 6.45) is 5.67. The first-order valence-corrected chi connectivity index (χ1v) is 13.5. The summed E-state index contributed by atoms with van der Waals surface area (Å²) in [7, 11) is 3.79. The van der Waals surface area contributed by atoms with Crippen LogP contribution in [-0.4, -0.2) is 72.5 Å². The Morgan fingerprint density at radius 2 is 1.90 bits per heavy atom. The quantitative estimate of drug-likeness (QED) is 0.422. The zero-order valence-corrected chi connectivity index (χ0v) is 22.5. The van der Waals surface area contributed by atoms with Crippen LogP contribution in [0, 0.1) is 11.3 Å². The van der Waals surface area contributed by atoms with Crippen LogP contribution in [-0.2, 0) is 11.3 Å². The van der Waals surface area contributed by atoms with Gasteiger partial charge in [-0.1, -0.05) is 0 Å². The number of nitrogens with one attached hydrogen (secondary N) is 2. The van der Waals surface area contributed by atoms with E-state index < -0.39 is 0 Å². The third-order valence-electron chi connectivity index (χ3n) is 7.19. The molecular weight excluding hydrogens is 494 g/mol. The fraction of sp³-hybridized carbons (Fsp3) is 0.448. The largest absolute Gasteiger partial charge is 0.489 e. The molecule has 0 spiro atoms. The van der Waals surface area contributed by atoms with E-state index in [0.29, 0.717) is 60.5 Å². The summed E-state index contributed by atoms with van der Waals surface area (Å²) >= 11 is 0. The molecule has 3 aromatic rings. The molecule has 0 unspecified atom stereocenters. The molecule has 0 atom stereocenters. The summed E-state index contributed by atoms with van der Waals surface area (Å²) in [5.41, 5.74) is 2.97. The Bertz CT molecular complexity index is 1300. The van der Waals surface area contributed by atoms with Gasteiger partial charge in [-0.3, -0.25) is 0 Å². The second kappa shape index (κ2) is 12.8. The summed E-state index contributed by atoms with van der Waals surface area (Å²) in [5, 5.41) is 16.6. The fourth-order valence-electron chi connectivity index (χ4n) is 4.86. The molecule has 39 heavy (non-hydrogen) atoms. The van der Waals surface area contributed by atoms with Gasteiger partial charge in [-0.05, 0) is 69.4 Å². The van der Waals surface area contributed by atoms with Crippen LogP contribution >= 0.6 is 0 Å². The molecule has 10 nitrogen and oxygen atoms in total. The summed E-state index contributed by atoms with van der Waals surface area (Å²) < 4.78 is 17.1. The number of hydrogen-bond donors (Lipinski definition) is 2. The van der Waals surface area contributed by atoms with E-state index in [1.807, 2.05) is 30.3 Å². The van der Waals surface area contributed by atoms with E-state index in [2.05, 4.69) is 43.6 Å². The number of rotatable bonds is 9. The van der Waals surface area contributed by atoms with Crippen molar-refractivity contribution in [3.05, 3.63) is 53.7 Å². The number of nitriles is 1. The maximum absolute atomic E-state index is 9.74. The van der Waals surface area contributed by atoms with Gasteiger partial charge in [-0.15, -0.1) is 0 Å². The first-order chi connectivity index (χ1) is 19.1. The van der Waals surface area contributed by atoms with Crippen molar-refractivity contribution in [1.82, 2.24) is 25.2 Å². The van der Waals surface area contributed by atoms with Crippen LogP contribution in [0.1, 0.15) is 36.8 Å². The van der Waals surface area contributed by atoms with Gasteiger partial charge in [0.25, 0.3) is 0 Å². The highest BCUT2D eigenvalue weighted by Gasteiger charge is 2.19. The number of hydrogen-bond acceptors (Lipinski definition) is 10. The van der Waals surface area contributed by atoms with Gasteiger partial charge in [0.15, 0.2) is 0 Å². The van der Waals surface area contributed by atoms with Crippen LogP contribution in [0.3, 0.4) is 0 Å². The zero-order chi connectivity index (χ0) is 27.0. The molecule has 2 aliphatic heterocycles. The first kappa shape index (κ1) is 26.8. The second-order valence-electron chi connectivity index (χ2n) is 9.97. The summed E-state index contributed by atoms with van der Waals surface area (Å²) in [6.45, 7) is 4.29. The average Bonchev–Trinajstić information content (AvgIpc) is 2.98. The van der Waals surface area contributed by atoms with Crippen molar-refractivity contribution in [3.8, 4) is 29.0 Å². The molecule has 5 rings (SSSR count). The van der Waals surface area contributed by atoms with Gasteiger partial charge in [0.2, 0.25) is 11.8 Å². The van der Waals surface area contributed by atoms with E-state index in [9.17, 15) is 5.26 Å². The maximum atomic E-state index is 9.74. The van der Waals surface area contributed by atoms with Crippen LogP contribution in [0.2, 0.25) is 0 Å². The minimum Gasteiger partial charge on any atom is -0.489 e. The molecule has 1 aromatic carbocycles. The second-order valence-corrected chi connectivity index (χ2v) is 9.97. The number of methoxy groups -OCH3 is 1. The number of piperidine rings is 1. The Morgan fingerprint density at radius 3 is 2.67 bits per heavy atom. The molecule has 0 bridgehead atoms. The van der Waals surface area contributed by atoms with E-state index in [0.717, 1.165) is 49.9 Å². The highest BCUT2D eigenvalue weighted by molar-refractivity contribution is 5.65. The van der Waals surface area contributed by atoms with Gasteiger partial charge in [0, 0.05) is 42.8 Å². The van der Waals surface area contributed by atoms with E-state index >= 15 is 0 Å². The summed E-state index contributed by atoms with van der Waals surface area (Å²) in [5.74, 6) is 2.14. The molecule has 2 aromatic heterocycles. The standard InChI is InChI=1S/C29H35N7O3/c1-36-13-8-23(9-14-36)32-19-21-4-6-27(34-28(21)37-2)35-29-31-12-7-25(33-29)20-3-5-26(22(17-20)18-30)39-24-10-15-38-16-11-24/h3-7,12,17,23-24,32H,8-11,13-16,19H2,1-2H3,(H,31,33,34,35). The SMILES string of the molecule is COc1nc(Nc2nccc(-c3ccc(OC4CCOCC4)c(C#N)c3)n2)ccc1CNC1CCN(C)CC1. The summed E-state index contributed by atoms with van der Waals surface area (Å²) in [6, 6.07) is 14.0. The number of anilines is 2. The number of likely N-dealkylation sites (tertiary alicyclic amines) is 1. The lowest BCUT2D eigenvalue weighted by molar-refractivity contribution is 0.0254. The van der Waals surface area contributed by atoms with Gasteiger partial charge >= 0.3 is 0 Å². The molecule has 0 amide bonds. The minimum absolute atomic E-state index is 0.0625. The van der Waals surface area contributed by atoms with Gasteiger partial charge in [0.1, 0.15) is 23.7 Å². The Labute approximate surface area is 229 Å². The molecule has 0 aliphatic carbocycles. The van der Waals surface area contributed by atoms with Crippen LogP contribution < -0.4 is 20.1 Å². The predicted octanol–water partition coefficient (Wildman–Crippen LogP) is 3.90. The highest BCUT2D eigenvalue weighted by atomic mass is 16.5. The number of aromatic nitrogens is 3. The van der Waals surface area contributed by atoms with E-state index in [4.69, 9.17) is 14.2 Å². The van der Waals surface area contributed by atoms with E-state index in [1.165, 1.54) is 0 Å².